The van der Waals surface area contributed by atoms with Crippen molar-refractivity contribution >= 4 is 23.2 Å². The fourth-order valence-corrected chi connectivity index (χ4v) is 1.02. The number of amidine groups is 1. The highest BCUT2D eigenvalue weighted by Gasteiger charge is 2.35. The third kappa shape index (κ3) is 3.26. The van der Waals surface area contributed by atoms with Gasteiger partial charge in [-0.3, -0.25) is 9.79 Å². The molecule has 0 atom stereocenters. The van der Waals surface area contributed by atoms with Crippen LogP contribution in [-0.2, 0) is 4.79 Å². The van der Waals surface area contributed by atoms with Crippen LogP contribution in [0.3, 0.4) is 0 Å². The molecule has 0 bridgehead atoms. The molecule has 0 amide bonds. The van der Waals surface area contributed by atoms with E-state index in [2.05, 4.69) is 21.9 Å². The number of Topliss-reactive ketones (excluding diaryl/α,β-unsaturated/α-hetero) is 1. The molecule has 1 aliphatic heterocycles. The SMILES string of the molecule is O=C(CC1=NCCCN1)C(F)(F)Cl. The number of ketones is 1. The smallest absolute Gasteiger partial charge is 0.373 e. The summed E-state index contributed by atoms with van der Waals surface area (Å²) in [5, 5.41) is -1.02. The number of hydrogen-bond donors (Lipinski definition) is 1. The molecule has 0 spiro atoms. The maximum Gasteiger partial charge on any atom is 0.380 e. The molecule has 1 rings (SSSR count). The average Bonchev–Trinajstić information content (AvgIpc) is 2.04. The van der Waals surface area contributed by atoms with Crippen LogP contribution in [0.25, 0.3) is 0 Å². The molecular weight excluding hydrogens is 202 g/mol. The van der Waals surface area contributed by atoms with Crippen molar-refractivity contribution in [2.24, 2.45) is 4.99 Å². The Labute approximate surface area is 79.2 Å². The lowest BCUT2D eigenvalue weighted by molar-refractivity contribution is -0.132. The van der Waals surface area contributed by atoms with Gasteiger partial charge < -0.3 is 5.32 Å². The van der Waals surface area contributed by atoms with Gasteiger partial charge in [-0.2, -0.15) is 8.78 Å². The van der Waals surface area contributed by atoms with E-state index in [9.17, 15) is 13.6 Å². The molecule has 0 aliphatic carbocycles. The Hall–Kier alpha value is -0.710. The molecule has 1 N–H and O–H groups in total. The van der Waals surface area contributed by atoms with Crippen LogP contribution >= 0.6 is 11.6 Å². The highest BCUT2D eigenvalue weighted by atomic mass is 35.5. The number of rotatable bonds is 3. The van der Waals surface area contributed by atoms with Crippen molar-refractivity contribution in [3.8, 4) is 0 Å². The Bertz CT molecular complexity index is 237. The van der Waals surface area contributed by atoms with Crippen molar-refractivity contribution in [3.63, 3.8) is 0 Å². The van der Waals surface area contributed by atoms with Gasteiger partial charge >= 0.3 is 5.38 Å². The second-order valence-electron chi connectivity index (χ2n) is 2.71. The number of aliphatic imine (C=N–C) groups is 1. The van der Waals surface area contributed by atoms with E-state index in [1.165, 1.54) is 0 Å². The Kier molecular flexibility index (Phi) is 3.19. The minimum Gasteiger partial charge on any atom is -0.373 e. The zero-order chi connectivity index (χ0) is 9.90. The minimum atomic E-state index is -3.78. The van der Waals surface area contributed by atoms with Crippen LogP contribution in [0.4, 0.5) is 8.78 Å². The van der Waals surface area contributed by atoms with Crippen LogP contribution in [0.2, 0.25) is 0 Å². The highest BCUT2D eigenvalue weighted by molar-refractivity contribution is 6.34. The number of hydrogen-bond acceptors (Lipinski definition) is 3. The first-order valence-corrected chi connectivity index (χ1v) is 4.25. The lowest BCUT2D eigenvalue weighted by Gasteiger charge is -2.14. The van der Waals surface area contributed by atoms with Gasteiger partial charge in [-0.15, -0.1) is 0 Å². The van der Waals surface area contributed by atoms with Crippen LogP contribution in [0.5, 0.6) is 0 Å². The molecular formula is C7H9ClF2N2O. The fraction of sp³-hybridized carbons (Fsp3) is 0.714. The highest BCUT2D eigenvalue weighted by Crippen LogP contribution is 2.21. The molecule has 0 aromatic rings. The standard InChI is InChI=1S/C7H9ClF2N2O/c8-7(9,10)5(13)4-6-11-2-1-3-12-6/h1-4H2,(H,11,12). The monoisotopic (exact) mass is 210 g/mol. The molecule has 3 nitrogen and oxygen atoms in total. The van der Waals surface area contributed by atoms with Crippen LogP contribution in [0.15, 0.2) is 4.99 Å². The summed E-state index contributed by atoms with van der Waals surface area (Å²) in [6.45, 7) is 1.24. The van der Waals surface area contributed by atoms with Gasteiger partial charge in [0.2, 0.25) is 5.78 Å². The molecule has 0 aromatic carbocycles. The van der Waals surface area contributed by atoms with E-state index in [0.717, 1.165) is 6.42 Å². The van der Waals surface area contributed by atoms with Crippen molar-refractivity contribution in [3.05, 3.63) is 0 Å². The van der Waals surface area contributed by atoms with Crippen molar-refractivity contribution < 1.29 is 13.6 Å². The third-order valence-electron chi connectivity index (χ3n) is 1.61. The number of nitrogens with one attached hydrogen (secondary N) is 1. The third-order valence-corrected chi connectivity index (χ3v) is 1.82. The van der Waals surface area contributed by atoms with Gasteiger partial charge in [0, 0.05) is 13.1 Å². The number of carbonyl (C=O) groups excluding carboxylic acids is 1. The summed E-state index contributed by atoms with van der Waals surface area (Å²) >= 11 is 4.54. The lowest BCUT2D eigenvalue weighted by atomic mass is 10.2. The molecule has 0 radical (unpaired) electrons. The van der Waals surface area contributed by atoms with Gasteiger partial charge in [0.1, 0.15) is 5.84 Å². The van der Waals surface area contributed by atoms with Gasteiger partial charge in [-0.05, 0) is 18.0 Å². The van der Waals surface area contributed by atoms with E-state index < -0.39 is 17.6 Å². The molecule has 1 aliphatic rings. The van der Waals surface area contributed by atoms with Gasteiger partial charge in [0.05, 0.1) is 6.42 Å². The minimum absolute atomic E-state index is 0.302. The van der Waals surface area contributed by atoms with Crippen LogP contribution < -0.4 is 5.32 Å². The molecule has 6 heteroatoms. The summed E-state index contributed by atoms with van der Waals surface area (Å²) in [7, 11) is 0. The zero-order valence-corrected chi connectivity index (χ0v) is 7.57. The van der Waals surface area contributed by atoms with Crippen molar-refractivity contribution in [1.29, 1.82) is 0 Å². The predicted octanol–water partition coefficient (Wildman–Crippen LogP) is 1.17. The number of alkyl halides is 3. The molecule has 0 fully saturated rings. The summed E-state index contributed by atoms with van der Waals surface area (Å²) in [6.07, 6.45) is 0.436. The fourth-order valence-electron chi connectivity index (χ4n) is 0.952. The molecule has 1 heterocycles. The van der Waals surface area contributed by atoms with Gasteiger partial charge in [0.15, 0.2) is 0 Å². The first-order valence-electron chi connectivity index (χ1n) is 3.87. The topological polar surface area (TPSA) is 41.5 Å². The normalized spacial score (nSPS) is 17.6. The summed E-state index contributed by atoms with van der Waals surface area (Å²) in [4.78, 5) is 14.6. The summed E-state index contributed by atoms with van der Waals surface area (Å²) in [5.41, 5.74) is 0. The largest absolute Gasteiger partial charge is 0.380 e. The Morgan fingerprint density at radius 1 is 1.69 bits per heavy atom. The molecule has 0 saturated heterocycles. The molecule has 0 aromatic heterocycles. The molecule has 0 unspecified atom stereocenters. The van der Waals surface area contributed by atoms with Gasteiger partial charge in [-0.1, -0.05) is 0 Å². The Morgan fingerprint density at radius 3 is 2.85 bits per heavy atom. The average molecular weight is 211 g/mol. The summed E-state index contributed by atoms with van der Waals surface area (Å²) in [5.74, 6) is -1.01. The molecule has 74 valence electrons. The second-order valence-corrected chi connectivity index (χ2v) is 3.18. The van der Waals surface area contributed by atoms with Crippen molar-refractivity contribution in [1.82, 2.24) is 5.32 Å². The van der Waals surface area contributed by atoms with E-state index in [-0.39, 0.29) is 0 Å². The lowest BCUT2D eigenvalue weighted by Crippen LogP contribution is -2.34. The van der Waals surface area contributed by atoms with Crippen LogP contribution in [0.1, 0.15) is 12.8 Å². The van der Waals surface area contributed by atoms with Crippen molar-refractivity contribution in [2.45, 2.75) is 18.2 Å². The Balaban J connectivity index is 2.49. The van der Waals surface area contributed by atoms with E-state index in [4.69, 9.17) is 0 Å². The molecule has 0 saturated carbocycles. The van der Waals surface area contributed by atoms with E-state index in [1.807, 2.05) is 0 Å². The van der Waals surface area contributed by atoms with E-state index in [0.29, 0.717) is 18.9 Å². The number of carbonyl (C=O) groups is 1. The first-order chi connectivity index (χ1) is 6.00. The van der Waals surface area contributed by atoms with Crippen molar-refractivity contribution in [2.75, 3.05) is 13.1 Å². The Morgan fingerprint density at radius 2 is 2.38 bits per heavy atom. The summed E-state index contributed by atoms with van der Waals surface area (Å²) in [6, 6.07) is 0. The predicted molar refractivity (Wildman–Crippen MR) is 45.3 cm³/mol. The molecule has 13 heavy (non-hydrogen) atoms. The van der Waals surface area contributed by atoms with Gasteiger partial charge in [0.25, 0.3) is 0 Å². The number of halogens is 3. The van der Waals surface area contributed by atoms with Crippen LogP contribution in [-0.4, -0.2) is 30.1 Å². The summed E-state index contributed by atoms with van der Waals surface area (Å²) < 4.78 is 24.4. The zero-order valence-electron chi connectivity index (χ0n) is 6.82. The maximum absolute atomic E-state index is 12.2. The van der Waals surface area contributed by atoms with Gasteiger partial charge in [-0.25, -0.2) is 0 Å². The second kappa shape index (κ2) is 4.00. The number of nitrogens with zero attached hydrogens (tertiary/aromatic N) is 1. The van der Waals surface area contributed by atoms with Crippen LogP contribution in [0, 0.1) is 0 Å². The first kappa shape index (κ1) is 10.4. The van der Waals surface area contributed by atoms with E-state index in [1.54, 1.807) is 0 Å². The maximum atomic E-state index is 12.2. The van der Waals surface area contributed by atoms with E-state index >= 15 is 0 Å². The quantitative estimate of drug-likeness (QED) is 0.711.